The molecule has 0 aliphatic rings. The summed E-state index contributed by atoms with van der Waals surface area (Å²) in [5, 5.41) is 0. The van der Waals surface area contributed by atoms with Crippen molar-refractivity contribution in [3.8, 4) is 0 Å². The largest absolute Gasteiger partial charge is 0.159 e. The molecule has 0 atom stereocenters. The van der Waals surface area contributed by atoms with Crippen LogP contribution in [0.25, 0.3) is 0 Å². The molecule has 0 N–H and O–H groups in total. The van der Waals surface area contributed by atoms with Crippen LogP contribution in [0.15, 0.2) is 34.9 Å². The van der Waals surface area contributed by atoms with Crippen LogP contribution in [0, 0.1) is 0 Å². The molecule has 2 heteroatoms. The Balaban J connectivity index is 3.74. The third-order valence-corrected chi connectivity index (χ3v) is 4.15. The smallest absolute Gasteiger partial charge is 0.106 e. The predicted molar refractivity (Wildman–Crippen MR) is 99.2 cm³/mol. The van der Waals surface area contributed by atoms with E-state index >= 15 is 0 Å². The molecule has 0 saturated carbocycles. The first kappa shape index (κ1) is 19.6. The van der Waals surface area contributed by atoms with E-state index in [0.717, 1.165) is 0 Å². The maximum absolute atomic E-state index is 2.41. The highest BCUT2D eigenvalue weighted by Gasteiger charge is 1.92. The van der Waals surface area contributed by atoms with Crippen molar-refractivity contribution in [3.63, 3.8) is 0 Å². The van der Waals surface area contributed by atoms with Gasteiger partial charge in [-0.3, -0.25) is 0 Å². The predicted octanol–water partition coefficient (Wildman–Crippen LogP) is 6.31. The summed E-state index contributed by atoms with van der Waals surface area (Å²) in [5.74, 6) is 2.42. The van der Waals surface area contributed by atoms with Crippen molar-refractivity contribution in [2.75, 3.05) is 11.5 Å². The number of allylic oxidation sites excluding steroid dienone is 5. The van der Waals surface area contributed by atoms with Crippen molar-refractivity contribution in [1.82, 2.24) is 0 Å². The minimum Gasteiger partial charge on any atom is -0.159 e. The topological polar surface area (TPSA) is 0 Å². The molecule has 0 aromatic carbocycles. The molecule has 20 heavy (non-hydrogen) atoms. The normalized spacial score (nSPS) is 12.4. The number of hydrogen-bond acceptors (Lipinski definition) is 1. The van der Waals surface area contributed by atoms with Gasteiger partial charge in [0.2, 0.25) is 0 Å². The van der Waals surface area contributed by atoms with Gasteiger partial charge in [0.15, 0.2) is 0 Å². The van der Waals surface area contributed by atoms with Gasteiger partial charge in [-0.25, -0.2) is 0 Å². The minimum absolute atomic E-state index is 1.17. The summed E-state index contributed by atoms with van der Waals surface area (Å²) < 4.78 is 0. The molecule has 1 radical (unpaired) electrons. The van der Waals surface area contributed by atoms with Gasteiger partial charge in [-0.15, -0.1) is 0 Å². The second-order valence-corrected chi connectivity index (χ2v) is 6.88. The Bertz CT molecular complexity index is 322. The van der Waals surface area contributed by atoms with Crippen LogP contribution in [-0.2, 0) is 0 Å². The van der Waals surface area contributed by atoms with Crippen molar-refractivity contribution < 1.29 is 0 Å². The van der Waals surface area contributed by atoms with Crippen molar-refractivity contribution in [2.24, 2.45) is 0 Å². The van der Waals surface area contributed by atoms with Crippen LogP contribution in [0.3, 0.4) is 0 Å². The van der Waals surface area contributed by atoms with Gasteiger partial charge in [0.1, 0.15) is 7.28 Å². The maximum Gasteiger partial charge on any atom is 0.106 e. The summed E-state index contributed by atoms with van der Waals surface area (Å²) in [6, 6.07) is 0. The molecule has 0 unspecified atom stereocenters. The van der Waals surface area contributed by atoms with Gasteiger partial charge in [-0.05, 0) is 59.1 Å². The van der Waals surface area contributed by atoms with Crippen LogP contribution in [0.5, 0.6) is 0 Å². The molecule has 0 nitrogen and oxygen atoms in total. The molecular weight excluding hydrogens is 259 g/mol. The highest BCUT2D eigenvalue weighted by Crippen LogP contribution is 2.12. The number of rotatable bonds is 11. The third kappa shape index (κ3) is 14.1. The van der Waals surface area contributed by atoms with Crippen LogP contribution >= 0.6 is 11.8 Å². The Hall–Kier alpha value is -0.365. The van der Waals surface area contributed by atoms with E-state index in [-0.39, 0.29) is 0 Å². The summed E-state index contributed by atoms with van der Waals surface area (Å²) in [6.45, 7) is 11.0. The van der Waals surface area contributed by atoms with Crippen LogP contribution in [-0.4, -0.2) is 18.8 Å². The van der Waals surface area contributed by atoms with Crippen LogP contribution in [0.1, 0.15) is 53.4 Å². The van der Waals surface area contributed by atoms with E-state index in [1.165, 1.54) is 60.2 Å². The highest BCUT2D eigenvalue weighted by molar-refractivity contribution is 7.99. The molecule has 0 heterocycles. The zero-order valence-corrected chi connectivity index (χ0v) is 15.0. The van der Waals surface area contributed by atoms with Gasteiger partial charge in [-0.1, -0.05) is 48.1 Å². The second-order valence-electron chi connectivity index (χ2n) is 5.73. The highest BCUT2D eigenvalue weighted by atomic mass is 32.2. The van der Waals surface area contributed by atoms with E-state index in [2.05, 4.69) is 60.0 Å². The lowest BCUT2D eigenvalue weighted by molar-refractivity contribution is 0.917. The fraction of sp³-hybridized carbons (Fsp3) is 0.667. The molecule has 0 spiro atoms. The zero-order valence-electron chi connectivity index (χ0n) is 14.2. The average Bonchev–Trinajstić information content (AvgIpc) is 2.38. The van der Waals surface area contributed by atoms with Crippen LogP contribution < -0.4 is 0 Å². The summed E-state index contributed by atoms with van der Waals surface area (Å²) >= 11 is 2.03. The van der Waals surface area contributed by atoms with Gasteiger partial charge in [-0.2, -0.15) is 11.8 Å². The van der Waals surface area contributed by atoms with E-state index < -0.39 is 0 Å². The Kier molecular flexibility index (Phi) is 13.4. The lowest BCUT2D eigenvalue weighted by Crippen LogP contribution is -1.86. The van der Waals surface area contributed by atoms with Gasteiger partial charge in [0, 0.05) is 5.75 Å². The van der Waals surface area contributed by atoms with Crippen LogP contribution in [0.4, 0.5) is 0 Å². The second kappa shape index (κ2) is 13.6. The lowest BCUT2D eigenvalue weighted by atomic mass is 9.79. The molecule has 0 bridgehead atoms. The van der Waals surface area contributed by atoms with Gasteiger partial charge < -0.3 is 0 Å². The fourth-order valence-corrected chi connectivity index (χ4v) is 2.80. The molecule has 0 fully saturated rings. The first-order valence-electron chi connectivity index (χ1n) is 7.86. The number of hydrogen-bond donors (Lipinski definition) is 0. The first-order chi connectivity index (χ1) is 9.56. The number of thioether (sulfide) groups is 1. The Morgan fingerprint density at radius 2 is 1.50 bits per heavy atom. The molecule has 0 amide bonds. The molecule has 113 valence electrons. The Morgan fingerprint density at radius 3 is 2.10 bits per heavy atom. The van der Waals surface area contributed by atoms with Crippen molar-refractivity contribution in [3.05, 3.63) is 34.9 Å². The van der Waals surface area contributed by atoms with Crippen LogP contribution in [0.2, 0.25) is 13.1 Å². The monoisotopic (exact) mass is 291 g/mol. The van der Waals surface area contributed by atoms with E-state index in [0.29, 0.717) is 0 Å². The van der Waals surface area contributed by atoms with Gasteiger partial charge >= 0.3 is 0 Å². The SMILES string of the molecule is C[B]CCSC/C=C(\C)CC/C=C(\C)CCC=C(C)C. The summed E-state index contributed by atoms with van der Waals surface area (Å²) in [4.78, 5) is 0. The molecule has 0 saturated heterocycles. The lowest BCUT2D eigenvalue weighted by Gasteiger charge is -2.02. The standard InChI is InChI=1S/C18H32BS/c1-16(2)8-6-9-17(3)10-7-11-18(4)12-14-20-15-13-19-5/h8,10,12H,6-7,9,11,13-15H2,1-5H3/b17-10+,18-12+. The molecule has 0 aliphatic heterocycles. The quantitative estimate of drug-likeness (QED) is 0.244. The molecule has 0 aromatic rings. The molecule has 0 aromatic heterocycles. The van der Waals surface area contributed by atoms with Crippen molar-refractivity contribution >= 4 is 19.0 Å². The fourth-order valence-electron chi connectivity index (χ4n) is 1.82. The van der Waals surface area contributed by atoms with E-state index in [9.17, 15) is 0 Å². The van der Waals surface area contributed by atoms with Gasteiger partial charge in [0.05, 0.1) is 0 Å². The van der Waals surface area contributed by atoms with E-state index in [1.54, 1.807) is 0 Å². The van der Waals surface area contributed by atoms with E-state index in [4.69, 9.17) is 0 Å². The third-order valence-electron chi connectivity index (χ3n) is 3.22. The first-order valence-corrected chi connectivity index (χ1v) is 9.02. The maximum atomic E-state index is 2.41. The molecule has 0 aliphatic carbocycles. The summed E-state index contributed by atoms with van der Waals surface area (Å²) in [5.41, 5.74) is 4.49. The molecule has 0 rings (SSSR count). The summed E-state index contributed by atoms with van der Waals surface area (Å²) in [6.07, 6.45) is 13.2. The average molecular weight is 291 g/mol. The van der Waals surface area contributed by atoms with E-state index in [1.807, 2.05) is 11.8 Å². The Morgan fingerprint density at radius 1 is 0.900 bits per heavy atom. The zero-order chi connectivity index (χ0) is 15.2. The Labute approximate surface area is 132 Å². The molecular formula is C18H32BS. The van der Waals surface area contributed by atoms with Gasteiger partial charge in [0.25, 0.3) is 0 Å². The van der Waals surface area contributed by atoms with Crippen molar-refractivity contribution in [2.45, 2.75) is 66.5 Å². The summed E-state index contributed by atoms with van der Waals surface area (Å²) in [7, 11) is 2.24. The minimum atomic E-state index is 1.17. The van der Waals surface area contributed by atoms with Crippen molar-refractivity contribution in [1.29, 1.82) is 0 Å².